The lowest BCUT2D eigenvalue weighted by molar-refractivity contribution is -0.121. The van der Waals surface area contributed by atoms with Crippen LogP contribution in [0.4, 0.5) is 5.69 Å². The van der Waals surface area contributed by atoms with Crippen LogP contribution in [0.25, 0.3) is 0 Å². The average molecular weight is 275 g/mol. The minimum absolute atomic E-state index is 0.0407. The molecule has 0 aromatic heterocycles. The van der Waals surface area contributed by atoms with E-state index in [4.69, 9.17) is 0 Å². The monoisotopic (exact) mass is 275 g/mol. The molecule has 0 aliphatic carbocycles. The molecule has 1 aromatic carbocycles. The Morgan fingerprint density at radius 2 is 1.45 bits per heavy atom. The van der Waals surface area contributed by atoms with Crippen molar-refractivity contribution in [2.75, 3.05) is 5.32 Å². The number of Topliss-reactive ketones (excluding diaryl/α,β-unsaturated/α-hetero) is 1. The number of carbonyl (C=O) groups excluding carboxylic acids is 2. The van der Waals surface area contributed by atoms with E-state index in [9.17, 15) is 9.59 Å². The molecule has 0 aliphatic heterocycles. The van der Waals surface area contributed by atoms with E-state index in [1.165, 1.54) is 18.1 Å². The van der Waals surface area contributed by atoms with Crippen LogP contribution < -0.4 is 5.32 Å². The average Bonchev–Trinajstić information content (AvgIpc) is 2.35. The van der Waals surface area contributed by atoms with E-state index in [-0.39, 0.29) is 18.1 Å². The highest BCUT2D eigenvalue weighted by molar-refractivity contribution is 5.93. The largest absolute Gasteiger partial charge is 0.326 e. The summed E-state index contributed by atoms with van der Waals surface area (Å²) in [7, 11) is 0. The van der Waals surface area contributed by atoms with Gasteiger partial charge in [0.25, 0.3) is 0 Å². The summed E-state index contributed by atoms with van der Waals surface area (Å²) in [6, 6.07) is 6.23. The third-order valence-corrected chi connectivity index (χ3v) is 3.30. The molecule has 0 unspecified atom stereocenters. The summed E-state index contributed by atoms with van der Waals surface area (Å²) in [5, 5.41) is 2.90. The second-order valence-corrected chi connectivity index (χ2v) is 5.95. The van der Waals surface area contributed by atoms with E-state index in [0.29, 0.717) is 18.3 Å². The molecule has 0 spiro atoms. The lowest BCUT2D eigenvalue weighted by Crippen LogP contribution is -2.13. The summed E-state index contributed by atoms with van der Waals surface area (Å²) in [4.78, 5) is 22.7. The maximum atomic E-state index is 11.8. The Kier molecular flexibility index (Phi) is 5.93. The third kappa shape index (κ3) is 5.16. The van der Waals surface area contributed by atoms with Gasteiger partial charge < -0.3 is 10.1 Å². The highest BCUT2D eigenvalue weighted by atomic mass is 16.2. The van der Waals surface area contributed by atoms with Gasteiger partial charge in [0.1, 0.15) is 5.78 Å². The smallest absolute Gasteiger partial charge is 0.224 e. The first-order chi connectivity index (χ1) is 9.29. The van der Waals surface area contributed by atoms with Gasteiger partial charge in [0.2, 0.25) is 5.91 Å². The molecule has 1 aromatic rings. The van der Waals surface area contributed by atoms with Crippen molar-refractivity contribution >= 4 is 17.4 Å². The van der Waals surface area contributed by atoms with E-state index >= 15 is 0 Å². The highest BCUT2D eigenvalue weighted by Crippen LogP contribution is 2.26. The molecule has 3 heteroatoms. The minimum Gasteiger partial charge on any atom is -0.326 e. The van der Waals surface area contributed by atoms with Crippen LogP contribution in [0.1, 0.15) is 70.4 Å². The summed E-state index contributed by atoms with van der Waals surface area (Å²) < 4.78 is 0. The first kappa shape index (κ1) is 16.4. The van der Waals surface area contributed by atoms with Crippen LogP contribution in [0.2, 0.25) is 0 Å². The fourth-order valence-electron chi connectivity index (χ4n) is 1.93. The van der Waals surface area contributed by atoms with Gasteiger partial charge in [-0.3, -0.25) is 4.79 Å². The van der Waals surface area contributed by atoms with Crippen LogP contribution in [0, 0.1) is 0 Å². The topological polar surface area (TPSA) is 46.2 Å². The Morgan fingerprint density at radius 1 is 0.950 bits per heavy atom. The van der Waals surface area contributed by atoms with Crippen molar-refractivity contribution in [1.29, 1.82) is 0 Å². The molecule has 0 saturated heterocycles. The van der Waals surface area contributed by atoms with Gasteiger partial charge in [-0.05, 0) is 42.0 Å². The summed E-state index contributed by atoms with van der Waals surface area (Å²) in [5.41, 5.74) is 3.27. The van der Waals surface area contributed by atoms with Gasteiger partial charge in [0.05, 0.1) is 0 Å². The van der Waals surface area contributed by atoms with Crippen LogP contribution in [0.5, 0.6) is 0 Å². The molecule has 3 nitrogen and oxygen atoms in total. The van der Waals surface area contributed by atoms with Gasteiger partial charge in [-0.1, -0.05) is 33.8 Å². The van der Waals surface area contributed by atoms with Gasteiger partial charge in [-0.15, -0.1) is 0 Å². The molecule has 0 saturated carbocycles. The molecule has 0 heterocycles. The van der Waals surface area contributed by atoms with E-state index in [2.05, 4.69) is 39.1 Å². The number of hydrogen-bond acceptors (Lipinski definition) is 2. The standard InChI is InChI=1S/C17H25NO2/c1-11(2)14-8-15(12(3)4)10-16(9-14)18-17(20)7-6-13(5)19/h8-12H,6-7H2,1-5H3,(H,18,20). The van der Waals surface area contributed by atoms with Crippen molar-refractivity contribution in [2.24, 2.45) is 0 Å². The fraction of sp³-hybridized carbons (Fsp3) is 0.529. The maximum absolute atomic E-state index is 11.8. The molecule has 1 rings (SSSR count). The van der Waals surface area contributed by atoms with Crippen LogP contribution in [0.15, 0.2) is 18.2 Å². The number of benzene rings is 1. The zero-order valence-electron chi connectivity index (χ0n) is 13.1. The Labute approximate surface area is 121 Å². The number of rotatable bonds is 6. The Morgan fingerprint density at radius 3 is 1.85 bits per heavy atom. The number of nitrogens with one attached hydrogen (secondary N) is 1. The maximum Gasteiger partial charge on any atom is 0.224 e. The Balaban J connectivity index is 2.88. The first-order valence-corrected chi connectivity index (χ1v) is 7.23. The van der Waals surface area contributed by atoms with Crippen LogP contribution >= 0.6 is 0 Å². The number of hydrogen-bond donors (Lipinski definition) is 1. The van der Waals surface area contributed by atoms with E-state index in [1.807, 2.05) is 12.1 Å². The van der Waals surface area contributed by atoms with Crippen molar-refractivity contribution in [2.45, 2.75) is 59.3 Å². The number of anilines is 1. The molecule has 20 heavy (non-hydrogen) atoms. The second kappa shape index (κ2) is 7.22. The number of amides is 1. The molecule has 1 amide bonds. The lowest BCUT2D eigenvalue weighted by atomic mass is 9.95. The number of carbonyl (C=O) groups is 2. The first-order valence-electron chi connectivity index (χ1n) is 7.23. The van der Waals surface area contributed by atoms with Crippen LogP contribution in [-0.4, -0.2) is 11.7 Å². The Hall–Kier alpha value is -1.64. The van der Waals surface area contributed by atoms with Gasteiger partial charge in [-0.2, -0.15) is 0 Å². The summed E-state index contributed by atoms with van der Waals surface area (Å²) in [6.07, 6.45) is 0.547. The van der Waals surface area contributed by atoms with Gasteiger partial charge in [-0.25, -0.2) is 0 Å². The van der Waals surface area contributed by atoms with Gasteiger partial charge in [0.15, 0.2) is 0 Å². The van der Waals surface area contributed by atoms with Crippen molar-refractivity contribution in [1.82, 2.24) is 0 Å². The summed E-state index contributed by atoms with van der Waals surface area (Å²) in [5.74, 6) is 0.776. The summed E-state index contributed by atoms with van der Waals surface area (Å²) >= 11 is 0. The number of ketones is 1. The zero-order valence-corrected chi connectivity index (χ0v) is 13.1. The van der Waals surface area contributed by atoms with E-state index < -0.39 is 0 Å². The molecular formula is C17H25NO2. The molecule has 0 radical (unpaired) electrons. The molecule has 0 atom stereocenters. The normalized spacial score (nSPS) is 10.9. The predicted octanol–water partition coefficient (Wildman–Crippen LogP) is 4.24. The molecule has 0 fully saturated rings. The summed E-state index contributed by atoms with van der Waals surface area (Å²) in [6.45, 7) is 10.1. The van der Waals surface area contributed by atoms with Gasteiger partial charge >= 0.3 is 0 Å². The van der Waals surface area contributed by atoms with Crippen molar-refractivity contribution in [3.63, 3.8) is 0 Å². The molecule has 1 N–H and O–H groups in total. The predicted molar refractivity (Wildman–Crippen MR) is 83.2 cm³/mol. The molecule has 0 bridgehead atoms. The minimum atomic E-state index is -0.101. The van der Waals surface area contributed by atoms with Crippen LogP contribution in [-0.2, 0) is 9.59 Å². The van der Waals surface area contributed by atoms with E-state index in [0.717, 1.165) is 5.69 Å². The molecular weight excluding hydrogens is 250 g/mol. The quantitative estimate of drug-likeness (QED) is 0.844. The SMILES string of the molecule is CC(=O)CCC(=O)Nc1cc(C(C)C)cc(C(C)C)c1. The van der Waals surface area contributed by atoms with Crippen LogP contribution in [0.3, 0.4) is 0 Å². The second-order valence-electron chi connectivity index (χ2n) is 5.95. The van der Waals surface area contributed by atoms with Crippen molar-refractivity contribution in [3.05, 3.63) is 29.3 Å². The molecule has 0 aliphatic rings. The van der Waals surface area contributed by atoms with Crippen molar-refractivity contribution < 1.29 is 9.59 Å². The highest BCUT2D eigenvalue weighted by Gasteiger charge is 2.10. The third-order valence-electron chi connectivity index (χ3n) is 3.30. The lowest BCUT2D eigenvalue weighted by Gasteiger charge is -2.15. The fourth-order valence-corrected chi connectivity index (χ4v) is 1.93. The zero-order chi connectivity index (χ0) is 15.3. The Bertz CT molecular complexity index is 464. The van der Waals surface area contributed by atoms with Gasteiger partial charge in [0, 0.05) is 18.5 Å². The van der Waals surface area contributed by atoms with E-state index in [1.54, 1.807) is 0 Å². The molecule has 110 valence electrons. The van der Waals surface area contributed by atoms with Crippen molar-refractivity contribution in [3.8, 4) is 0 Å².